The highest BCUT2D eigenvalue weighted by Gasteiger charge is 2.30. The maximum atomic E-state index is 3.60. The highest BCUT2D eigenvalue weighted by Crippen LogP contribution is 2.40. The number of hydrogen-bond donors (Lipinski definition) is 1. The molecule has 106 valence electrons. The van der Waals surface area contributed by atoms with E-state index in [-0.39, 0.29) is 0 Å². The van der Waals surface area contributed by atoms with Gasteiger partial charge in [0.25, 0.3) is 0 Å². The molecule has 3 unspecified atom stereocenters. The van der Waals surface area contributed by atoms with Crippen molar-refractivity contribution in [3.8, 4) is 0 Å². The zero-order valence-corrected chi connectivity index (χ0v) is 12.6. The average Bonchev–Trinajstić information content (AvgIpc) is 2.39. The van der Waals surface area contributed by atoms with Crippen LogP contribution >= 0.6 is 0 Å². The molecule has 2 aliphatic carbocycles. The second-order valence-electron chi connectivity index (χ2n) is 6.99. The molecular weight excluding hydrogens is 218 g/mol. The maximum Gasteiger partial charge on any atom is -0.00180 e. The van der Waals surface area contributed by atoms with E-state index in [9.17, 15) is 0 Å². The van der Waals surface area contributed by atoms with Crippen molar-refractivity contribution in [1.29, 1.82) is 0 Å². The Balaban J connectivity index is 1.83. The molecule has 0 bridgehead atoms. The molecule has 2 fully saturated rings. The zero-order valence-electron chi connectivity index (χ0n) is 12.6. The molecule has 0 saturated heterocycles. The summed E-state index contributed by atoms with van der Waals surface area (Å²) in [6, 6.07) is 0. The molecular formula is C17H33N. The highest BCUT2D eigenvalue weighted by molar-refractivity contribution is 4.82. The Labute approximate surface area is 114 Å². The third kappa shape index (κ3) is 4.26. The Morgan fingerprint density at radius 2 is 1.72 bits per heavy atom. The molecule has 2 saturated carbocycles. The molecule has 1 heteroatoms. The molecule has 0 amide bonds. The first-order valence-electron chi connectivity index (χ1n) is 8.50. The number of hydrogen-bond acceptors (Lipinski definition) is 1. The monoisotopic (exact) mass is 251 g/mol. The smallest absolute Gasteiger partial charge is 0.00180 e. The maximum absolute atomic E-state index is 3.60. The van der Waals surface area contributed by atoms with Crippen LogP contribution in [-0.4, -0.2) is 13.1 Å². The molecule has 0 aliphatic heterocycles. The summed E-state index contributed by atoms with van der Waals surface area (Å²) in [4.78, 5) is 0. The van der Waals surface area contributed by atoms with Gasteiger partial charge in [0.1, 0.15) is 0 Å². The average molecular weight is 251 g/mol. The van der Waals surface area contributed by atoms with Gasteiger partial charge in [0, 0.05) is 0 Å². The first-order valence-corrected chi connectivity index (χ1v) is 8.50. The summed E-state index contributed by atoms with van der Waals surface area (Å²) in [5.74, 6) is 4.05. The minimum Gasteiger partial charge on any atom is -0.317 e. The van der Waals surface area contributed by atoms with Gasteiger partial charge in [0.15, 0.2) is 0 Å². The minimum atomic E-state index is 0.975. The van der Waals surface area contributed by atoms with Crippen molar-refractivity contribution in [3.63, 3.8) is 0 Å². The predicted octanol–water partition coefficient (Wildman–Crippen LogP) is 4.62. The van der Waals surface area contributed by atoms with Gasteiger partial charge in [0.2, 0.25) is 0 Å². The fourth-order valence-corrected chi connectivity index (χ4v) is 4.30. The van der Waals surface area contributed by atoms with Gasteiger partial charge in [-0.3, -0.25) is 0 Å². The lowest BCUT2D eigenvalue weighted by Gasteiger charge is -2.38. The molecule has 0 heterocycles. The summed E-state index contributed by atoms with van der Waals surface area (Å²) in [7, 11) is 0. The van der Waals surface area contributed by atoms with Crippen LogP contribution < -0.4 is 5.32 Å². The number of nitrogens with one attached hydrogen (secondary N) is 1. The molecule has 0 aromatic carbocycles. The second kappa shape index (κ2) is 7.53. The Bertz CT molecular complexity index is 218. The van der Waals surface area contributed by atoms with Crippen LogP contribution in [0.4, 0.5) is 0 Å². The summed E-state index contributed by atoms with van der Waals surface area (Å²) in [6.07, 6.45) is 13.6. The number of rotatable bonds is 5. The summed E-state index contributed by atoms with van der Waals surface area (Å²) >= 11 is 0. The quantitative estimate of drug-likeness (QED) is 0.752. The van der Waals surface area contributed by atoms with E-state index in [2.05, 4.69) is 19.2 Å². The van der Waals surface area contributed by atoms with Crippen LogP contribution in [0.15, 0.2) is 0 Å². The van der Waals surface area contributed by atoms with Crippen LogP contribution in [-0.2, 0) is 0 Å². The van der Waals surface area contributed by atoms with Crippen molar-refractivity contribution in [1.82, 2.24) is 5.32 Å². The summed E-state index contributed by atoms with van der Waals surface area (Å²) in [5, 5.41) is 3.60. The van der Waals surface area contributed by atoms with E-state index in [1.165, 1.54) is 57.9 Å². The first kappa shape index (κ1) is 14.4. The lowest BCUT2D eigenvalue weighted by atomic mass is 9.69. The van der Waals surface area contributed by atoms with Gasteiger partial charge in [0.05, 0.1) is 0 Å². The van der Waals surface area contributed by atoms with Crippen LogP contribution in [0.1, 0.15) is 71.6 Å². The molecule has 1 N–H and O–H groups in total. The van der Waals surface area contributed by atoms with Gasteiger partial charge in [-0.15, -0.1) is 0 Å². The van der Waals surface area contributed by atoms with Crippen molar-refractivity contribution in [2.24, 2.45) is 23.7 Å². The molecule has 0 aromatic heterocycles. The fraction of sp³-hybridized carbons (Fsp3) is 1.00. The van der Waals surface area contributed by atoms with Gasteiger partial charge in [-0.1, -0.05) is 52.4 Å². The molecule has 0 aromatic rings. The van der Waals surface area contributed by atoms with E-state index in [4.69, 9.17) is 0 Å². The van der Waals surface area contributed by atoms with Crippen molar-refractivity contribution in [2.45, 2.75) is 71.6 Å². The van der Waals surface area contributed by atoms with Crippen LogP contribution in [0.3, 0.4) is 0 Å². The second-order valence-corrected chi connectivity index (χ2v) is 6.99. The fourth-order valence-electron chi connectivity index (χ4n) is 4.30. The zero-order chi connectivity index (χ0) is 12.8. The Kier molecular flexibility index (Phi) is 6.01. The first-order chi connectivity index (χ1) is 8.79. The molecule has 18 heavy (non-hydrogen) atoms. The minimum absolute atomic E-state index is 0.975. The third-order valence-corrected chi connectivity index (χ3v) is 5.42. The van der Waals surface area contributed by atoms with E-state index in [0.29, 0.717) is 0 Å². The summed E-state index contributed by atoms with van der Waals surface area (Å²) in [6.45, 7) is 7.13. The van der Waals surface area contributed by atoms with E-state index in [1.807, 2.05) is 0 Å². The highest BCUT2D eigenvalue weighted by atomic mass is 14.8. The predicted molar refractivity (Wildman–Crippen MR) is 79.7 cm³/mol. The van der Waals surface area contributed by atoms with E-state index < -0.39 is 0 Å². The molecule has 0 spiro atoms. The molecule has 3 atom stereocenters. The van der Waals surface area contributed by atoms with Crippen molar-refractivity contribution >= 4 is 0 Å². The van der Waals surface area contributed by atoms with Crippen molar-refractivity contribution < 1.29 is 0 Å². The van der Waals surface area contributed by atoms with Crippen LogP contribution in [0, 0.1) is 23.7 Å². The van der Waals surface area contributed by atoms with Gasteiger partial charge in [-0.05, 0) is 56.0 Å². The molecule has 1 nitrogen and oxygen atoms in total. The lowest BCUT2D eigenvalue weighted by Crippen LogP contribution is -2.34. The molecule has 0 radical (unpaired) electrons. The van der Waals surface area contributed by atoms with Crippen molar-refractivity contribution in [3.05, 3.63) is 0 Å². The molecule has 2 rings (SSSR count). The summed E-state index contributed by atoms with van der Waals surface area (Å²) < 4.78 is 0. The third-order valence-electron chi connectivity index (χ3n) is 5.42. The Morgan fingerprint density at radius 3 is 2.44 bits per heavy atom. The largest absolute Gasteiger partial charge is 0.317 e. The van der Waals surface area contributed by atoms with Crippen LogP contribution in [0.2, 0.25) is 0 Å². The topological polar surface area (TPSA) is 12.0 Å². The van der Waals surface area contributed by atoms with E-state index in [1.54, 1.807) is 6.42 Å². The van der Waals surface area contributed by atoms with Gasteiger partial charge >= 0.3 is 0 Å². The van der Waals surface area contributed by atoms with Gasteiger partial charge in [-0.2, -0.15) is 0 Å². The van der Waals surface area contributed by atoms with E-state index in [0.717, 1.165) is 30.2 Å². The van der Waals surface area contributed by atoms with E-state index >= 15 is 0 Å². The lowest BCUT2D eigenvalue weighted by molar-refractivity contribution is 0.143. The summed E-state index contributed by atoms with van der Waals surface area (Å²) in [5.41, 5.74) is 0. The van der Waals surface area contributed by atoms with Gasteiger partial charge in [-0.25, -0.2) is 0 Å². The van der Waals surface area contributed by atoms with Crippen LogP contribution in [0.5, 0.6) is 0 Å². The molecule has 2 aliphatic rings. The van der Waals surface area contributed by atoms with Crippen LogP contribution in [0.25, 0.3) is 0 Å². The Morgan fingerprint density at radius 1 is 0.944 bits per heavy atom. The normalized spacial score (nSPS) is 34.7. The van der Waals surface area contributed by atoms with Crippen molar-refractivity contribution in [2.75, 3.05) is 13.1 Å². The standard InChI is InChI=1S/C17H33N/c1-3-18-13-16-10-9-14(2)11-17(16)12-15-7-5-4-6-8-15/h14-18H,3-13H2,1-2H3. The van der Waals surface area contributed by atoms with Gasteiger partial charge < -0.3 is 5.32 Å². The SMILES string of the molecule is CCNCC1CCC(C)CC1CC1CCCCC1. The Hall–Kier alpha value is -0.0400.